The molecule has 2 aromatic rings. The highest BCUT2D eigenvalue weighted by Gasteiger charge is 2.23. The number of carboxylic acids is 1. The highest BCUT2D eigenvalue weighted by Crippen LogP contribution is 2.36. The van der Waals surface area contributed by atoms with Crippen LogP contribution in [0.3, 0.4) is 0 Å². The second-order valence-corrected chi connectivity index (χ2v) is 5.69. The zero-order valence-corrected chi connectivity index (χ0v) is 12.0. The van der Waals surface area contributed by atoms with Gasteiger partial charge in [0.1, 0.15) is 11.3 Å². The van der Waals surface area contributed by atoms with Crippen molar-refractivity contribution in [3.63, 3.8) is 0 Å². The van der Waals surface area contributed by atoms with Crippen LogP contribution in [-0.2, 0) is 24.2 Å². The summed E-state index contributed by atoms with van der Waals surface area (Å²) in [4.78, 5) is 13.0. The van der Waals surface area contributed by atoms with Crippen LogP contribution in [0.15, 0.2) is 16.5 Å². The SMILES string of the molecule is CN1CCc2c(Cl)ccc3oc(CCC(=O)O)c(c23)C1. The number of furan rings is 1. The van der Waals surface area contributed by atoms with E-state index in [1.165, 1.54) is 0 Å². The molecule has 0 aliphatic carbocycles. The first kappa shape index (κ1) is 13.5. The highest BCUT2D eigenvalue weighted by molar-refractivity contribution is 6.32. The van der Waals surface area contributed by atoms with Crippen LogP contribution in [0, 0.1) is 0 Å². The number of aryl methyl sites for hydroxylation is 1. The molecule has 5 heteroatoms. The highest BCUT2D eigenvalue weighted by atomic mass is 35.5. The van der Waals surface area contributed by atoms with Gasteiger partial charge in [-0.2, -0.15) is 0 Å². The van der Waals surface area contributed by atoms with Gasteiger partial charge < -0.3 is 14.4 Å². The standard InChI is InChI=1S/C15H16ClNO3/c1-17-7-6-9-11(16)2-3-13-15(9)10(8-17)12(20-13)4-5-14(18)19/h2-3H,4-8H2,1H3,(H,18,19). The fourth-order valence-corrected chi connectivity index (χ4v) is 3.09. The maximum Gasteiger partial charge on any atom is 0.303 e. The van der Waals surface area contributed by atoms with Crippen LogP contribution >= 0.6 is 11.6 Å². The second-order valence-electron chi connectivity index (χ2n) is 5.28. The summed E-state index contributed by atoms with van der Waals surface area (Å²) in [6, 6.07) is 3.74. The van der Waals surface area contributed by atoms with Crippen molar-refractivity contribution in [2.45, 2.75) is 25.8 Å². The number of carboxylic acid groups (broad SMARTS) is 1. The Morgan fingerprint density at radius 1 is 1.45 bits per heavy atom. The molecule has 0 saturated carbocycles. The van der Waals surface area contributed by atoms with Gasteiger partial charge in [-0.3, -0.25) is 4.79 Å². The van der Waals surface area contributed by atoms with E-state index < -0.39 is 5.97 Å². The van der Waals surface area contributed by atoms with E-state index in [1.807, 2.05) is 12.1 Å². The normalized spacial score (nSPS) is 15.5. The van der Waals surface area contributed by atoms with Gasteiger partial charge in [0.05, 0.1) is 6.42 Å². The van der Waals surface area contributed by atoms with Crippen molar-refractivity contribution in [3.8, 4) is 0 Å². The lowest BCUT2D eigenvalue weighted by atomic mass is 10.0. The zero-order chi connectivity index (χ0) is 14.3. The Labute approximate surface area is 121 Å². The van der Waals surface area contributed by atoms with Gasteiger partial charge in [-0.05, 0) is 31.2 Å². The minimum Gasteiger partial charge on any atom is -0.481 e. The first-order chi connectivity index (χ1) is 9.56. The summed E-state index contributed by atoms with van der Waals surface area (Å²) in [6.45, 7) is 1.71. The number of halogens is 1. The van der Waals surface area contributed by atoms with Gasteiger partial charge in [0, 0.05) is 35.5 Å². The smallest absolute Gasteiger partial charge is 0.303 e. The maximum atomic E-state index is 10.8. The molecule has 20 heavy (non-hydrogen) atoms. The van der Waals surface area contributed by atoms with Gasteiger partial charge in [-0.1, -0.05) is 11.6 Å². The molecule has 0 radical (unpaired) electrons. The number of benzene rings is 1. The number of nitrogens with zero attached hydrogens (tertiary/aromatic N) is 1. The fourth-order valence-electron chi connectivity index (χ4n) is 2.84. The quantitative estimate of drug-likeness (QED) is 0.945. The van der Waals surface area contributed by atoms with Gasteiger partial charge in [-0.15, -0.1) is 0 Å². The molecule has 106 valence electrons. The van der Waals surface area contributed by atoms with E-state index in [9.17, 15) is 4.79 Å². The average Bonchev–Trinajstić information content (AvgIpc) is 2.62. The van der Waals surface area contributed by atoms with E-state index in [0.717, 1.165) is 52.4 Å². The largest absolute Gasteiger partial charge is 0.481 e. The fraction of sp³-hybridized carbons (Fsp3) is 0.400. The summed E-state index contributed by atoms with van der Waals surface area (Å²) in [5.41, 5.74) is 3.03. The van der Waals surface area contributed by atoms with Gasteiger partial charge in [0.25, 0.3) is 0 Å². The number of rotatable bonds is 3. The molecule has 1 aliphatic rings. The number of likely N-dealkylation sites (N-methyl/N-ethyl adjacent to an activating group) is 1. The molecule has 0 unspecified atom stereocenters. The summed E-state index contributed by atoms with van der Waals surface area (Å²) in [5, 5.41) is 10.7. The summed E-state index contributed by atoms with van der Waals surface area (Å²) in [6.07, 6.45) is 1.39. The lowest BCUT2D eigenvalue weighted by molar-refractivity contribution is -0.137. The molecule has 0 atom stereocenters. The summed E-state index contributed by atoms with van der Waals surface area (Å²) in [7, 11) is 2.06. The molecule has 0 fully saturated rings. The van der Waals surface area contributed by atoms with Crippen molar-refractivity contribution in [2.24, 2.45) is 0 Å². The first-order valence-electron chi connectivity index (χ1n) is 6.68. The Balaban J connectivity index is 2.15. The van der Waals surface area contributed by atoms with Crippen LogP contribution in [-0.4, -0.2) is 29.6 Å². The van der Waals surface area contributed by atoms with E-state index in [1.54, 1.807) is 0 Å². The van der Waals surface area contributed by atoms with Gasteiger partial charge >= 0.3 is 5.97 Å². The van der Waals surface area contributed by atoms with Crippen LogP contribution in [0.2, 0.25) is 5.02 Å². The Morgan fingerprint density at radius 2 is 2.25 bits per heavy atom. The van der Waals surface area contributed by atoms with Crippen molar-refractivity contribution < 1.29 is 14.3 Å². The van der Waals surface area contributed by atoms with Crippen molar-refractivity contribution in [3.05, 3.63) is 34.0 Å². The monoisotopic (exact) mass is 293 g/mol. The van der Waals surface area contributed by atoms with E-state index >= 15 is 0 Å². The van der Waals surface area contributed by atoms with Crippen LogP contribution in [0.1, 0.15) is 23.3 Å². The van der Waals surface area contributed by atoms with Crippen LogP contribution in [0.25, 0.3) is 11.0 Å². The molecule has 1 aliphatic heterocycles. The first-order valence-corrected chi connectivity index (χ1v) is 7.06. The number of hydrogen-bond donors (Lipinski definition) is 1. The van der Waals surface area contributed by atoms with E-state index in [2.05, 4.69) is 11.9 Å². The van der Waals surface area contributed by atoms with Crippen LogP contribution < -0.4 is 0 Å². The zero-order valence-electron chi connectivity index (χ0n) is 11.3. The Morgan fingerprint density at radius 3 is 3.00 bits per heavy atom. The Bertz CT molecular complexity index is 677. The van der Waals surface area contributed by atoms with E-state index in [-0.39, 0.29) is 6.42 Å². The van der Waals surface area contributed by atoms with E-state index in [0.29, 0.717) is 6.42 Å². The number of aliphatic carboxylic acids is 1. The molecule has 3 rings (SSSR count). The molecule has 0 spiro atoms. The predicted molar refractivity (Wildman–Crippen MR) is 77.2 cm³/mol. The van der Waals surface area contributed by atoms with E-state index in [4.69, 9.17) is 21.1 Å². The molecule has 4 nitrogen and oxygen atoms in total. The molecule has 1 aromatic carbocycles. The van der Waals surface area contributed by atoms with Gasteiger partial charge in [0.2, 0.25) is 0 Å². The predicted octanol–water partition coefficient (Wildman–Crippen LogP) is 3.09. The van der Waals surface area contributed by atoms with Crippen LogP contribution in [0.4, 0.5) is 0 Å². The maximum absolute atomic E-state index is 10.8. The molecular formula is C15H16ClNO3. The minimum absolute atomic E-state index is 0.0829. The molecule has 0 amide bonds. The number of hydrogen-bond acceptors (Lipinski definition) is 3. The third kappa shape index (κ3) is 2.30. The molecule has 0 saturated heterocycles. The van der Waals surface area contributed by atoms with Crippen molar-refractivity contribution in [2.75, 3.05) is 13.6 Å². The molecule has 0 bridgehead atoms. The molecular weight excluding hydrogens is 278 g/mol. The third-order valence-corrected chi connectivity index (χ3v) is 4.18. The van der Waals surface area contributed by atoms with Crippen molar-refractivity contribution >= 4 is 28.5 Å². The topological polar surface area (TPSA) is 53.7 Å². The molecule has 2 heterocycles. The Hall–Kier alpha value is -1.52. The van der Waals surface area contributed by atoms with Crippen molar-refractivity contribution in [1.29, 1.82) is 0 Å². The summed E-state index contributed by atoms with van der Waals surface area (Å²) < 4.78 is 5.87. The van der Waals surface area contributed by atoms with Crippen LogP contribution in [0.5, 0.6) is 0 Å². The summed E-state index contributed by atoms with van der Waals surface area (Å²) in [5.74, 6) is -0.0300. The lowest BCUT2D eigenvalue weighted by Crippen LogP contribution is -2.19. The molecule has 1 aromatic heterocycles. The Kier molecular flexibility index (Phi) is 3.44. The average molecular weight is 294 g/mol. The minimum atomic E-state index is -0.808. The third-order valence-electron chi connectivity index (χ3n) is 3.83. The number of carbonyl (C=O) groups is 1. The van der Waals surface area contributed by atoms with Gasteiger partial charge in [-0.25, -0.2) is 0 Å². The summed E-state index contributed by atoms with van der Waals surface area (Å²) >= 11 is 6.31. The lowest BCUT2D eigenvalue weighted by Gasteiger charge is -2.13. The second kappa shape index (κ2) is 5.11. The van der Waals surface area contributed by atoms with Crippen molar-refractivity contribution in [1.82, 2.24) is 4.90 Å². The molecule has 1 N–H and O–H groups in total. The van der Waals surface area contributed by atoms with Gasteiger partial charge in [0.15, 0.2) is 0 Å².